The molecule has 0 radical (unpaired) electrons. The van der Waals surface area contributed by atoms with Gasteiger partial charge in [-0.3, -0.25) is 0 Å². The summed E-state index contributed by atoms with van der Waals surface area (Å²) in [7, 11) is 0. The summed E-state index contributed by atoms with van der Waals surface area (Å²) in [5.74, 6) is 0. The minimum atomic E-state index is 0.839. The molecule has 0 saturated carbocycles. The molecule has 16 heavy (non-hydrogen) atoms. The van der Waals surface area contributed by atoms with Gasteiger partial charge in [-0.2, -0.15) is 15.4 Å². The third kappa shape index (κ3) is 2.42. The number of aromatic nitrogens is 3. The molecule has 0 atom stereocenters. The Bertz CT molecular complexity index is 477. The summed E-state index contributed by atoms with van der Waals surface area (Å²) in [5, 5.41) is 11.2. The standard InChI is InChI=1S/C12H14ClN3/c1-8-5-10(12(13)6-9(8)2)3-4-11-7-14-16-15-11/h5-7H,3-4H2,1-2H3,(H,14,15,16). The predicted octanol–water partition coefficient (Wildman–Crippen LogP) is 2.86. The van der Waals surface area contributed by atoms with Gasteiger partial charge >= 0.3 is 0 Å². The first kappa shape index (κ1) is 11.1. The first-order chi connectivity index (χ1) is 7.66. The molecule has 1 aromatic heterocycles. The van der Waals surface area contributed by atoms with Gasteiger partial charge in [0.15, 0.2) is 0 Å². The second-order valence-electron chi connectivity index (χ2n) is 3.99. The van der Waals surface area contributed by atoms with Crippen molar-refractivity contribution in [2.24, 2.45) is 0 Å². The van der Waals surface area contributed by atoms with Crippen molar-refractivity contribution in [3.8, 4) is 0 Å². The SMILES string of the molecule is Cc1cc(Cl)c(CCc2cn[nH]n2)cc1C. The van der Waals surface area contributed by atoms with E-state index in [-0.39, 0.29) is 0 Å². The van der Waals surface area contributed by atoms with Gasteiger partial charge in [-0.1, -0.05) is 17.7 Å². The number of hydrogen-bond donors (Lipinski definition) is 1. The van der Waals surface area contributed by atoms with Crippen LogP contribution in [0.3, 0.4) is 0 Å². The minimum absolute atomic E-state index is 0.839. The Hall–Kier alpha value is -1.35. The molecule has 0 aliphatic heterocycles. The average molecular weight is 236 g/mol. The van der Waals surface area contributed by atoms with Crippen molar-refractivity contribution in [3.05, 3.63) is 45.7 Å². The molecule has 4 heteroatoms. The Morgan fingerprint density at radius 3 is 2.62 bits per heavy atom. The molecule has 0 amide bonds. The van der Waals surface area contributed by atoms with E-state index in [1.165, 1.54) is 16.7 Å². The lowest BCUT2D eigenvalue weighted by Gasteiger charge is -2.07. The van der Waals surface area contributed by atoms with Crippen molar-refractivity contribution >= 4 is 11.6 Å². The summed E-state index contributed by atoms with van der Waals surface area (Å²) in [5.41, 5.74) is 4.65. The van der Waals surface area contributed by atoms with Crippen LogP contribution in [0.2, 0.25) is 5.02 Å². The fourth-order valence-electron chi connectivity index (χ4n) is 1.64. The highest BCUT2D eigenvalue weighted by Gasteiger charge is 2.05. The molecular weight excluding hydrogens is 222 g/mol. The van der Waals surface area contributed by atoms with Crippen molar-refractivity contribution < 1.29 is 0 Å². The van der Waals surface area contributed by atoms with Crippen LogP contribution >= 0.6 is 11.6 Å². The highest BCUT2D eigenvalue weighted by molar-refractivity contribution is 6.31. The number of hydrogen-bond acceptors (Lipinski definition) is 2. The number of benzene rings is 1. The monoisotopic (exact) mass is 235 g/mol. The highest BCUT2D eigenvalue weighted by Crippen LogP contribution is 2.22. The first-order valence-corrected chi connectivity index (χ1v) is 5.65. The zero-order chi connectivity index (χ0) is 11.5. The second kappa shape index (κ2) is 4.66. The molecular formula is C12H14ClN3. The lowest BCUT2D eigenvalue weighted by molar-refractivity contribution is 0.870. The molecule has 2 aromatic rings. The number of rotatable bonds is 3. The number of nitrogens with one attached hydrogen (secondary N) is 1. The van der Waals surface area contributed by atoms with E-state index in [9.17, 15) is 0 Å². The van der Waals surface area contributed by atoms with Crippen molar-refractivity contribution in [2.75, 3.05) is 0 Å². The first-order valence-electron chi connectivity index (χ1n) is 5.27. The van der Waals surface area contributed by atoms with Crippen LogP contribution in [0.4, 0.5) is 0 Å². The quantitative estimate of drug-likeness (QED) is 0.889. The van der Waals surface area contributed by atoms with Gasteiger partial charge in [0.05, 0.1) is 11.9 Å². The number of nitrogens with zero attached hydrogens (tertiary/aromatic N) is 2. The van der Waals surface area contributed by atoms with Gasteiger partial charge in [-0.05, 0) is 49.4 Å². The molecule has 0 aliphatic rings. The summed E-state index contributed by atoms with van der Waals surface area (Å²) in [6, 6.07) is 4.17. The third-order valence-electron chi connectivity index (χ3n) is 2.78. The van der Waals surface area contributed by atoms with Gasteiger partial charge in [-0.25, -0.2) is 0 Å². The molecule has 0 fully saturated rings. The topological polar surface area (TPSA) is 41.6 Å². The highest BCUT2D eigenvalue weighted by atomic mass is 35.5. The van der Waals surface area contributed by atoms with Gasteiger partial charge in [-0.15, -0.1) is 0 Å². The second-order valence-corrected chi connectivity index (χ2v) is 4.40. The van der Waals surface area contributed by atoms with Crippen molar-refractivity contribution in [3.63, 3.8) is 0 Å². The maximum Gasteiger partial charge on any atom is 0.0828 e. The molecule has 3 nitrogen and oxygen atoms in total. The van der Waals surface area contributed by atoms with Gasteiger partial charge in [0.25, 0.3) is 0 Å². The van der Waals surface area contributed by atoms with E-state index in [0.717, 1.165) is 23.6 Å². The fourth-order valence-corrected chi connectivity index (χ4v) is 1.95. The average Bonchev–Trinajstić information content (AvgIpc) is 2.74. The van der Waals surface area contributed by atoms with Crippen LogP contribution in [0.1, 0.15) is 22.4 Å². The summed E-state index contributed by atoms with van der Waals surface area (Å²) in [4.78, 5) is 0. The van der Waals surface area contributed by atoms with Gasteiger partial charge in [0.2, 0.25) is 0 Å². The van der Waals surface area contributed by atoms with Gasteiger partial charge in [0.1, 0.15) is 0 Å². The summed E-state index contributed by atoms with van der Waals surface area (Å²) in [6.45, 7) is 4.17. The largest absolute Gasteiger partial charge is 0.198 e. The number of halogens is 1. The van der Waals surface area contributed by atoms with Crippen LogP contribution in [-0.2, 0) is 12.8 Å². The van der Waals surface area contributed by atoms with Crippen LogP contribution in [0.5, 0.6) is 0 Å². The number of H-pyrrole nitrogens is 1. The Balaban J connectivity index is 2.12. The molecule has 0 bridgehead atoms. The summed E-state index contributed by atoms with van der Waals surface area (Å²) < 4.78 is 0. The lowest BCUT2D eigenvalue weighted by atomic mass is 10.0. The van der Waals surface area contributed by atoms with Crippen LogP contribution in [0.15, 0.2) is 18.3 Å². The van der Waals surface area contributed by atoms with Crippen LogP contribution in [0.25, 0.3) is 0 Å². The summed E-state index contributed by atoms with van der Waals surface area (Å²) >= 11 is 6.20. The zero-order valence-corrected chi connectivity index (χ0v) is 10.2. The van der Waals surface area contributed by atoms with Gasteiger partial charge in [0, 0.05) is 5.02 Å². The Morgan fingerprint density at radius 1 is 1.19 bits per heavy atom. The van der Waals surface area contributed by atoms with Crippen LogP contribution < -0.4 is 0 Å². The van der Waals surface area contributed by atoms with Crippen molar-refractivity contribution in [1.29, 1.82) is 0 Å². The Kier molecular flexibility index (Phi) is 3.25. The fraction of sp³-hybridized carbons (Fsp3) is 0.333. The van der Waals surface area contributed by atoms with Crippen LogP contribution in [0, 0.1) is 13.8 Å². The molecule has 0 unspecified atom stereocenters. The minimum Gasteiger partial charge on any atom is -0.198 e. The van der Waals surface area contributed by atoms with Crippen molar-refractivity contribution in [1.82, 2.24) is 15.4 Å². The Labute approximate surface area is 99.8 Å². The maximum absolute atomic E-state index is 6.20. The molecule has 84 valence electrons. The molecule has 1 heterocycles. The number of aromatic amines is 1. The van der Waals surface area contributed by atoms with Crippen LogP contribution in [-0.4, -0.2) is 15.4 Å². The van der Waals surface area contributed by atoms with E-state index < -0.39 is 0 Å². The maximum atomic E-state index is 6.20. The third-order valence-corrected chi connectivity index (χ3v) is 3.13. The van der Waals surface area contributed by atoms with E-state index in [1.807, 2.05) is 6.07 Å². The van der Waals surface area contributed by atoms with Gasteiger partial charge < -0.3 is 0 Å². The molecule has 2 rings (SSSR count). The predicted molar refractivity (Wildman–Crippen MR) is 64.7 cm³/mol. The molecule has 1 aromatic carbocycles. The lowest BCUT2D eigenvalue weighted by Crippen LogP contribution is -1.95. The van der Waals surface area contributed by atoms with E-state index in [4.69, 9.17) is 11.6 Å². The van der Waals surface area contributed by atoms with Crippen molar-refractivity contribution in [2.45, 2.75) is 26.7 Å². The Morgan fingerprint density at radius 2 is 1.94 bits per heavy atom. The zero-order valence-electron chi connectivity index (χ0n) is 9.42. The van der Waals surface area contributed by atoms with E-state index in [0.29, 0.717) is 0 Å². The molecule has 0 aliphatic carbocycles. The van der Waals surface area contributed by atoms with E-state index in [2.05, 4.69) is 35.3 Å². The van der Waals surface area contributed by atoms with E-state index >= 15 is 0 Å². The number of aryl methyl sites for hydroxylation is 4. The normalized spacial score (nSPS) is 10.7. The van der Waals surface area contributed by atoms with E-state index in [1.54, 1.807) is 6.20 Å². The smallest absolute Gasteiger partial charge is 0.0828 e. The molecule has 0 spiro atoms. The molecule has 0 saturated heterocycles. The summed E-state index contributed by atoms with van der Waals surface area (Å²) in [6.07, 6.45) is 3.50. The molecule has 1 N–H and O–H groups in total.